The number of nitro benzene ring substituents is 1. The molecule has 0 unspecified atom stereocenters. The van der Waals surface area contributed by atoms with Crippen LogP contribution in [-0.2, 0) is 0 Å². The van der Waals surface area contributed by atoms with E-state index in [2.05, 4.69) is 15.8 Å². The molecule has 2 N–H and O–H groups in total. The average molecular weight is 341 g/mol. The van der Waals surface area contributed by atoms with Crippen LogP contribution in [-0.4, -0.2) is 22.3 Å². The number of halogens is 1. The van der Waals surface area contributed by atoms with E-state index in [0.717, 1.165) is 12.8 Å². The molecule has 0 radical (unpaired) electrons. The molecule has 6 nitrogen and oxygen atoms in total. The van der Waals surface area contributed by atoms with E-state index in [9.17, 15) is 10.1 Å². The molecule has 1 aromatic carbocycles. The van der Waals surface area contributed by atoms with Crippen molar-refractivity contribution in [3.8, 4) is 0 Å². The minimum atomic E-state index is -0.525. The van der Waals surface area contributed by atoms with Crippen LogP contribution in [0.15, 0.2) is 23.3 Å². The molecule has 22 heavy (non-hydrogen) atoms. The summed E-state index contributed by atoms with van der Waals surface area (Å²) in [5.74, 6) is 0. The second kappa shape index (κ2) is 8.05. The Morgan fingerprint density at radius 1 is 1.41 bits per heavy atom. The number of hydrogen-bond acceptors (Lipinski definition) is 4. The SMILES string of the molecule is O=[N+]([O-])c1cc(/C=N/NC(=S)NC2CCCCC2)ccc1Cl. The van der Waals surface area contributed by atoms with Gasteiger partial charge in [-0.3, -0.25) is 15.5 Å². The van der Waals surface area contributed by atoms with Gasteiger partial charge in [-0.1, -0.05) is 36.9 Å². The number of nitrogens with zero attached hydrogens (tertiary/aromatic N) is 2. The highest BCUT2D eigenvalue weighted by Crippen LogP contribution is 2.24. The summed E-state index contributed by atoms with van der Waals surface area (Å²) < 4.78 is 0. The van der Waals surface area contributed by atoms with E-state index in [1.54, 1.807) is 6.07 Å². The van der Waals surface area contributed by atoms with Crippen molar-refractivity contribution in [1.82, 2.24) is 10.7 Å². The summed E-state index contributed by atoms with van der Waals surface area (Å²) >= 11 is 10.9. The van der Waals surface area contributed by atoms with Gasteiger partial charge in [-0.15, -0.1) is 0 Å². The van der Waals surface area contributed by atoms with Gasteiger partial charge in [0.2, 0.25) is 0 Å². The number of thiocarbonyl (C=S) groups is 1. The average Bonchev–Trinajstić information content (AvgIpc) is 2.49. The lowest BCUT2D eigenvalue weighted by molar-refractivity contribution is -0.384. The van der Waals surface area contributed by atoms with Crippen molar-refractivity contribution in [2.75, 3.05) is 0 Å². The number of nitro groups is 1. The second-order valence-electron chi connectivity index (χ2n) is 5.15. The fraction of sp³-hybridized carbons (Fsp3) is 0.429. The summed E-state index contributed by atoms with van der Waals surface area (Å²) in [6.07, 6.45) is 7.43. The third-order valence-corrected chi connectivity index (χ3v) is 4.02. The van der Waals surface area contributed by atoms with Gasteiger partial charge in [0, 0.05) is 17.7 Å². The minimum absolute atomic E-state index is 0.101. The molecule has 1 aromatic rings. The number of benzene rings is 1. The zero-order valence-electron chi connectivity index (χ0n) is 11.9. The zero-order chi connectivity index (χ0) is 15.9. The number of nitrogens with one attached hydrogen (secondary N) is 2. The first-order chi connectivity index (χ1) is 10.6. The first kappa shape index (κ1) is 16.6. The van der Waals surface area contributed by atoms with Crippen LogP contribution in [0.25, 0.3) is 0 Å². The highest BCUT2D eigenvalue weighted by atomic mass is 35.5. The van der Waals surface area contributed by atoms with E-state index in [1.165, 1.54) is 37.6 Å². The lowest BCUT2D eigenvalue weighted by Gasteiger charge is -2.23. The molecule has 0 spiro atoms. The van der Waals surface area contributed by atoms with E-state index in [4.69, 9.17) is 23.8 Å². The highest BCUT2D eigenvalue weighted by Gasteiger charge is 2.14. The molecule has 118 valence electrons. The standard InChI is InChI=1S/C14H17ClN4O2S/c15-12-7-6-10(8-13(12)19(20)21)9-16-18-14(22)17-11-4-2-1-3-5-11/h6-9,11H,1-5H2,(H2,17,18,22)/b16-9+. The van der Waals surface area contributed by atoms with E-state index in [1.807, 2.05) is 0 Å². The van der Waals surface area contributed by atoms with Gasteiger partial charge in [0.05, 0.1) is 11.1 Å². The molecule has 8 heteroatoms. The van der Waals surface area contributed by atoms with Crippen molar-refractivity contribution in [2.45, 2.75) is 38.1 Å². The molecule has 0 saturated heterocycles. The van der Waals surface area contributed by atoms with Crippen molar-refractivity contribution >= 4 is 40.8 Å². The Labute approximate surface area is 139 Å². The molecule has 1 aliphatic carbocycles. The van der Waals surface area contributed by atoms with Crippen molar-refractivity contribution in [3.63, 3.8) is 0 Å². The fourth-order valence-electron chi connectivity index (χ4n) is 2.38. The summed E-state index contributed by atoms with van der Waals surface area (Å²) in [5.41, 5.74) is 3.16. The van der Waals surface area contributed by atoms with Gasteiger partial charge in [0.1, 0.15) is 5.02 Å². The predicted molar refractivity (Wildman–Crippen MR) is 91.4 cm³/mol. The number of rotatable bonds is 4. The van der Waals surface area contributed by atoms with Crippen LogP contribution in [0.4, 0.5) is 5.69 Å². The topological polar surface area (TPSA) is 79.6 Å². The monoisotopic (exact) mass is 340 g/mol. The van der Waals surface area contributed by atoms with Crippen LogP contribution in [0, 0.1) is 10.1 Å². The van der Waals surface area contributed by atoms with Gasteiger partial charge in [0.15, 0.2) is 5.11 Å². The van der Waals surface area contributed by atoms with Gasteiger partial charge in [-0.2, -0.15) is 5.10 Å². The Balaban J connectivity index is 1.87. The van der Waals surface area contributed by atoms with Crippen LogP contribution >= 0.6 is 23.8 Å². The van der Waals surface area contributed by atoms with Gasteiger partial charge in [-0.25, -0.2) is 0 Å². The van der Waals surface area contributed by atoms with Crippen molar-refractivity contribution in [1.29, 1.82) is 0 Å². The summed E-state index contributed by atoms with van der Waals surface area (Å²) in [5, 5.41) is 18.6. The molecule has 0 atom stereocenters. The lowest BCUT2D eigenvalue weighted by atomic mass is 9.96. The maximum Gasteiger partial charge on any atom is 0.288 e. The maximum atomic E-state index is 10.8. The van der Waals surface area contributed by atoms with Crippen LogP contribution in [0.3, 0.4) is 0 Å². The van der Waals surface area contributed by atoms with E-state index >= 15 is 0 Å². The molecule has 0 bridgehead atoms. The van der Waals surface area contributed by atoms with Crippen LogP contribution < -0.4 is 10.7 Å². The molecular weight excluding hydrogens is 324 g/mol. The molecule has 1 saturated carbocycles. The summed E-state index contributed by atoms with van der Waals surface area (Å²) in [7, 11) is 0. The third-order valence-electron chi connectivity index (χ3n) is 3.49. The van der Waals surface area contributed by atoms with Crippen molar-refractivity contribution < 1.29 is 4.92 Å². The van der Waals surface area contributed by atoms with Crippen molar-refractivity contribution in [2.24, 2.45) is 5.10 Å². The third kappa shape index (κ3) is 4.92. The quantitative estimate of drug-likeness (QED) is 0.380. The van der Waals surface area contributed by atoms with Crippen molar-refractivity contribution in [3.05, 3.63) is 38.9 Å². The summed E-state index contributed by atoms with van der Waals surface area (Å²) in [4.78, 5) is 10.3. The normalized spacial score (nSPS) is 15.7. The van der Waals surface area contributed by atoms with Crippen LogP contribution in [0.5, 0.6) is 0 Å². The zero-order valence-corrected chi connectivity index (χ0v) is 13.5. The molecule has 0 amide bonds. The molecule has 0 aliphatic heterocycles. The largest absolute Gasteiger partial charge is 0.359 e. The first-order valence-electron chi connectivity index (χ1n) is 7.10. The Hall–Kier alpha value is -1.73. The molecule has 1 fully saturated rings. The maximum absolute atomic E-state index is 10.8. The van der Waals surface area contributed by atoms with Crippen LogP contribution in [0.2, 0.25) is 5.02 Å². The van der Waals surface area contributed by atoms with Gasteiger partial charge < -0.3 is 5.32 Å². The Kier molecular flexibility index (Phi) is 6.09. The van der Waals surface area contributed by atoms with Gasteiger partial charge in [-0.05, 0) is 31.1 Å². The molecule has 1 aliphatic rings. The molecule has 0 heterocycles. The summed E-state index contributed by atoms with van der Waals surface area (Å²) in [6.45, 7) is 0. The second-order valence-corrected chi connectivity index (χ2v) is 5.96. The number of hydrogen-bond donors (Lipinski definition) is 2. The number of hydrazone groups is 1. The van der Waals surface area contributed by atoms with E-state index in [0.29, 0.717) is 16.7 Å². The molecule has 2 rings (SSSR count). The van der Waals surface area contributed by atoms with Gasteiger partial charge >= 0.3 is 0 Å². The smallest absolute Gasteiger partial charge is 0.288 e. The van der Waals surface area contributed by atoms with Gasteiger partial charge in [0.25, 0.3) is 5.69 Å². The summed E-state index contributed by atoms with van der Waals surface area (Å²) in [6, 6.07) is 4.89. The van der Waals surface area contributed by atoms with E-state index in [-0.39, 0.29) is 10.7 Å². The highest BCUT2D eigenvalue weighted by molar-refractivity contribution is 7.80. The Bertz CT molecular complexity index is 588. The first-order valence-corrected chi connectivity index (χ1v) is 7.88. The lowest BCUT2D eigenvalue weighted by Crippen LogP contribution is -2.40. The minimum Gasteiger partial charge on any atom is -0.359 e. The van der Waals surface area contributed by atoms with Crippen LogP contribution in [0.1, 0.15) is 37.7 Å². The molecular formula is C14H17ClN4O2S. The predicted octanol–water partition coefficient (Wildman–Crippen LogP) is 3.38. The Morgan fingerprint density at radius 2 is 2.14 bits per heavy atom. The fourth-order valence-corrected chi connectivity index (χ4v) is 2.79. The Morgan fingerprint density at radius 3 is 2.82 bits per heavy atom. The van der Waals surface area contributed by atoms with E-state index < -0.39 is 4.92 Å². The molecule has 0 aromatic heterocycles.